The number of hydrogen-bond acceptors (Lipinski definition) is 17. The predicted octanol–water partition coefficient (Wildman–Crippen LogP) is 5.71. The van der Waals surface area contributed by atoms with Gasteiger partial charge in [-0.15, -0.1) is 11.3 Å². The third kappa shape index (κ3) is 12.0. The minimum absolute atomic E-state index is 0.0259. The molecule has 4 aliphatic heterocycles. The van der Waals surface area contributed by atoms with Crippen LogP contribution in [0.4, 0.5) is 17.5 Å². The quantitative estimate of drug-likeness (QED) is 0.0896. The van der Waals surface area contributed by atoms with Crippen LogP contribution in [0.25, 0.3) is 10.4 Å². The molecular weight excluding hydrogens is 1010 g/mol. The molecule has 4 saturated heterocycles. The predicted molar refractivity (Wildman–Crippen MR) is 297 cm³/mol. The number of aliphatic hydroxyl groups is 1. The fourth-order valence-electron chi connectivity index (χ4n) is 11.4. The molecule has 7 heterocycles. The van der Waals surface area contributed by atoms with Gasteiger partial charge in [0.1, 0.15) is 22.9 Å². The SMILES string of the molecule is Cc1ncsc1-c1ccc([C@H](C)NC(=O)[C@@H]2C[C@@H](O)CN2C(=O)[C@@H](NC(=O)c2cnc(N3CCN(C4CC(C(=O)Nc5cccc(Sc6cnc(N7CCC8(CC7)CO[C@@H](C)[C@H]8N)cn6)c5)C4)CC3)nc2)C(C)(C)C)cc1. The Bertz CT molecular complexity index is 2900. The Morgan fingerprint density at radius 2 is 1.60 bits per heavy atom. The fraction of sp³-hybridized carbons (Fsp3) is 0.518. The standard InChI is InChI=1S/C56H71N13O6S2/c1-33(36-10-12-37(13-11-36)47-34(2)62-32-76-47)63-52(73)44-25-42(70)30-69(44)53(74)49(55(4,5)6)65-51(72)39-26-60-54(61-27-39)68-20-18-66(19-21-68)41-22-38(23-41)50(71)64-40-8-7-9-43(24-40)77-46-29-58-45(28-59-46)67-16-14-56(15-17-67)31-75-35(3)48(56)57/h7-13,24,26-29,32-33,35,38,41-42,44,48-49,70H,14-23,25,30-31,57H2,1-6H3,(H,63,73)(H,64,71)(H,65,72)/t33-,35-,38?,41?,42+,44-,48+,49+/m0/s1. The first-order chi connectivity index (χ1) is 36.9. The molecule has 408 valence electrons. The van der Waals surface area contributed by atoms with Gasteiger partial charge in [0, 0.05) is 98.6 Å². The van der Waals surface area contributed by atoms with Gasteiger partial charge in [-0.2, -0.15) is 0 Å². The lowest BCUT2D eigenvalue weighted by Crippen LogP contribution is -2.57. The molecule has 5 fully saturated rings. The Labute approximate surface area is 458 Å². The lowest BCUT2D eigenvalue weighted by Gasteiger charge is -2.45. The van der Waals surface area contributed by atoms with Gasteiger partial charge in [-0.3, -0.25) is 24.1 Å². The highest BCUT2D eigenvalue weighted by Gasteiger charge is 2.48. The second kappa shape index (κ2) is 22.7. The molecular formula is C56H71N13O6S2. The molecule has 0 unspecified atom stereocenters. The van der Waals surface area contributed by atoms with Crippen molar-refractivity contribution in [3.05, 3.63) is 95.6 Å². The number of nitrogens with zero attached hydrogens (tertiary/aromatic N) is 9. The van der Waals surface area contributed by atoms with Crippen LogP contribution in [-0.2, 0) is 19.1 Å². The highest BCUT2D eigenvalue weighted by atomic mass is 32.2. The number of thiazole rings is 1. The zero-order valence-electron chi connectivity index (χ0n) is 44.7. The summed E-state index contributed by atoms with van der Waals surface area (Å²) in [7, 11) is 0. The Kier molecular flexibility index (Phi) is 16.0. The molecule has 1 aliphatic carbocycles. The van der Waals surface area contributed by atoms with E-state index < -0.39 is 35.4 Å². The second-order valence-electron chi connectivity index (χ2n) is 22.6. The third-order valence-electron chi connectivity index (χ3n) is 16.4. The average molecular weight is 1090 g/mol. The molecule has 6 atom stereocenters. The fourth-order valence-corrected chi connectivity index (χ4v) is 13.0. The molecule has 2 aromatic carbocycles. The van der Waals surface area contributed by atoms with Gasteiger partial charge in [0.15, 0.2) is 0 Å². The number of carbonyl (C=O) groups is 4. The second-order valence-corrected chi connectivity index (χ2v) is 24.6. The van der Waals surface area contributed by atoms with Crippen molar-refractivity contribution >= 4 is 64.2 Å². The maximum atomic E-state index is 14.3. The summed E-state index contributed by atoms with van der Waals surface area (Å²) in [6, 6.07) is 13.9. The Morgan fingerprint density at radius 3 is 2.23 bits per heavy atom. The summed E-state index contributed by atoms with van der Waals surface area (Å²) in [6.45, 7) is 16.9. The number of amides is 4. The summed E-state index contributed by atoms with van der Waals surface area (Å²) in [5.41, 5.74) is 11.5. The van der Waals surface area contributed by atoms with Crippen molar-refractivity contribution in [3.8, 4) is 10.4 Å². The molecule has 5 aliphatic rings. The number of β-amino-alcohol motifs (C(OH)–C–C–N with tert-alkyl or cyclic N) is 1. The Balaban J connectivity index is 0.660. The molecule has 19 nitrogen and oxygen atoms in total. The van der Waals surface area contributed by atoms with Crippen LogP contribution in [0.2, 0.25) is 0 Å². The lowest BCUT2D eigenvalue weighted by molar-refractivity contribution is -0.142. The number of aliphatic hydroxyl groups excluding tert-OH is 1. The molecule has 1 saturated carbocycles. The van der Waals surface area contributed by atoms with Crippen molar-refractivity contribution in [2.75, 3.05) is 67.5 Å². The monoisotopic (exact) mass is 1090 g/mol. The summed E-state index contributed by atoms with van der Waals surface area (Å²) in [5, 5.41) is 20.6. The van der Waals surface area contributed by atoms with Crippen LogP contribution in [0.15, 0.2) is 88.8 Å². The smallest absolute Gasteiger partial charge is 0.255 e. The number of nitrogens with two attached hydrogens (primary N) is 1. The van der Waals surface area contributed by atoms with Gasteiger partial charge < -0.3 is 46.2 Å². The zero-order chi connectivity index (χ0) is 54.2. The molecule has 0 bridgehead atoms. The number of benzene rings is 2. The highest BCUT2D eigenvalue weighted by molar-refractivity contribution is 7.99. The number of piperazine rings is 1. The van der Waals surface area contributed by atoms with Crippen molar-refractivity contribution in [3.63, 3.8) is 0 Å². The number of hydrogen-bond donors (Lipinski definition) is 5. The number of nitrogens with one attached hydrogen (secondary N) is 3. The summed E-state index contributed by atoms with van der Waals surface area (Å²) in [4.78, 5) is 88.4. The average Bonchev–Trinajstić information content (AvgIpc) is 4.13. The first-order valence-electron chi connectivity index (χ1n) is 26.9. The van der Waals surface area contributed by atoms with E-state index in [1.807, 2.05) is 101 Å². The normalized spacial score (nSPS) is 24.3. The summed E-state index contributed by atoms with van der Waals surface area (Å²) in [5.74, 6) is -0.0200. The number of aromatic nitrogens is 5. The van der Waals surface area contributed by atoms with E-state index in [9.17, 15) is 24.3 Å². The van der Waals surface area contributed by atoms with Gasteiger partial charge >= 0.3 is 0 Å². The van der Waals surface area contributed by atoms with Gasteiger partial charge in [-0.25, -0.2) is 24.9 Å². The van der Waals surface area contributed by atoms with Gasteiger partial charge in [-0.1, -0.05) is 62.9 Å². The number of aryl methyl sites for hydroxylation is 1. The van der Waals surface area contributed by atoms with E-state index in [0.717, 1.165) is 102 Å². The molecule has 5 aromatic rings. The highest BCUT2D eigenvalue weighted by Crippen LogP contribution is 2.42. The van der Waals surface area contributed by atoms with Crippen molar-refractivity contribution in [2.45, 2.75) is 126 Å². The molecule has 6 N–H and O–H groups in total. The van der Waals surface area contributed by atoms with Crippen LogP contribution in [0.3, 0.4) is 0 Å². The van der Waals surface area contributed by atoms with E-state index in [0.29, 0.717) is 25.1 Å². The molecule has 1 spiro atoms. The van der Waals surface area contributed by atoms with Crippen LogP contribution >= 0.6 is 23.1 Å². The van der Waals surface area contributed by atoms with Gasteiger partial charge in [-0.05, 0) is 81.2 Å². The van der Waals surface area contributed by atoms with E-state index >= 15 is 0 Å². The van der Waals surface area contributed by atoms with Crippen molar-refractivity contribution in [1.29, 1.82) is 0 Å². The number of ether oxygens (including phenoxy) is 1. The van der Waals surface area contributed by atoms with E-state index in [2.05, 4.69) is 52.5 Å². The maximum absolute atomic E-state index is 14.3. The molecule has 0 radical (unpaired) electrons. The Morgan fingerprint density at radius 1 is 0.870 bits per heavy atom. The van der Waals surface area contributed by atoms with Gasteiger partial charge in [0.25, 0.3) is 5.91 Å². The number of likely N-dealkylation sites (tertiary alicyclic amines) is 1. The lowest BCUT2D eigenvalue weighted by atomic mass is 9.73. The largest absolute Gasteiger partial charge is 0.391 e. The number of anilines is 3. The minimum atomic E-state index is -1.02. The first kappa shape index (κ1) is 54.3. The van der Waals surface area contributed by atoms with Crippen LogP contribution < -0.4 is 31.5 Å². The van der Waals surface area contributed by atoms with Crippen LogP contribution in [0.5, 0.6) is 0 Å². The van der Waals surface area contributed by atoms with E-state index in [1.54, 1.807) is 11.3 Å². The van der Waals surface area contributed by atoms with E-state index in [4.69, 9.17) is 20.4 Å². The van der Waals surface area contributed by atoms with Crippen LogP contribution in [-0.4, -0.2) is 152 Å². The topological polar surface area (TPSA) is 237 Å². The molecule has 4 amide bonds. The van der Waals surface area contributed by atoms with E-state index in [1.165, 1.54) is 29.1 Å². The molecule has 77 heavy (non-hydrogen) atoms. The number of piperidine rings is 1. The van der Waals surface area contributed by atoms with E-state index in [-0.39, 0.29) is 59.9 Å². The molecule has 10 rings (SSSR count). The van der Waals surface area contributed by atoms with Crippen molar-refractivity contribution in [2.24, 2.45) is 22.5 Å². The van der Waals surface area contributed by atoms with Crippen LogP contribution in [0.1, 0.15) is 94.4 Å². The summed E-state index contributed by atoms with van der Waals surface area (Å²) in [6.07, 6.45) is 9.41. The summed E-state index contributed by atoms with van der Waals surface area (Å²) >= 11 is 3.09. The van der Waals surface area contributed by atoms with Gasteiger partial charge in [0.2, 0.25) is 23.7 Å². The Hall–Kier alpha value is -6.10. The van der Waals surface area contributed by atoms with Crippen molar-refractivity contribution < 1.29 is 29.0 Å². The maximum Gasteiger partial charge on any atom is 0.255 e. The first-order valence-corrected chi connectivity index (χ1v) is 28.5. The molecule has 21 heteroatoms. The minimum Gasteiger partial charge on any atom is -0.391 e. The van der Waals surface area contributed by atoms with Gasteiger partial charge in [0.05, 0.1) is 58.9 Å². The summed E-state index contributed by atoms with van der Waals surface area (Å²) < 4.78 is 5.89. The van der Waals surface area contributed by atoms with Crippen LogP contribution in [0, 0.1) is 23.7 Å². The zero-order valence-corrected chi connectivity index (χ0v) is 46.4. The molecule has 3 aromatic heterocycles. The number of carbonyl (C=O) groups excluding carboxylic acids is 4. The van der Waals surface area contributed by atoms with Crippen molar-refractivity contribution in [1.82, 2.24) is 45.4 Å². The third-order valence-corrected chi connectivity index (χ3v) is 18.3. The number of rotatable bonds is 14.